The summed E-state index contributed by atoms with van der Waals surface area (Å²) < 4.78 is 5.91. The van der Waals surface area contributed by atoms with Crippen molar-refractivity contribution in [2.75, 3.05) is 0 Å². The molecule has 1 aromatic carbocycles. The minimum absolute atomic E-state index is 0.00929. The van der Waals surface area contributed by atoms with Gasteiger partial charge in [-0.05, 0) is 24.0 Å². The molecule has 2 N–H and O–H groups in total. The molecular weight excluding hydrogens is 224 g/mol. The molecule has 0 radical (unpaired) electrons. The fourth-order valence-electron chi connectivity index (χ4n) is 2.68. The first-order valence-corrected chi connectivity index (χ1v) is 6.36. The van der Waals surface area contributed by atoms with Crippen molar-refractivity contribution < 1.29 is 4.42 Å². The van der Waals surface area contributed by atoms with Crippen molar-refractivity contribution in [3.63, 3.8) is 0 Å². The maximum Gasteiger partial charge on any atom is 0.226 e. The quantitative estimate of drug-likeness (QED) is 0.834. The zero-order valence-electron chi connectivity index (χ0n) is 10.8. The van der Waals surface area contributed by atoms with Gasteiger partial charge in [-0.15, -0.1) is 0 Å². The lowest BCUT2D eigenvalue weighted by Crippen LogP contribution is -2.29. The van der Waals surface area contributed by atoms with E-state index in [2.05, 4.69) is 18.8 Å². The minimum atomic E-state index is -0.00929. The summed E-state index contributed by atoms with van der Waals surface area (Å²) in [5, 5.41) is 0. The second-order valence-electron chi connectivity index (χ2n) is 5.85. The van der Waals surface area contributed by atoms with Crippen molar-refractivity contribution in [2.24, 2.45) is 11.1 Å². The molecule has 18 heavy (non-hydrogen) atoms. The normalized spacial score (nSPS) is 21.6. The van der Waals surface area contributed by atoms with Crippen LogP contribution in [-0.2, 0) is 6.42 Å². The average Bonchev–Trinajstić information content (AvgIpc) is 2.72. The molecule has 0 fully saturated rings. The number of nitrogens with zero attached hydrogens (tertiary/aromatic N) is 1. The van der Waals surface area contributed by atoms with E-state index >= 15 is 0 Å². The highest BCUT2D eigenvalue weighted by Crippen LogP contribution is 2.40. The molecule has 0 bridgehead atoms. The summed E-state index contributed by atoms with van der Waals surface area (Å²) in [6.07, 6.45) is 1.87. The Morgan fingerprint density at radius 2 is 2.00 bits per heavy atom. The number of nitrogens with two attached hydrogens (primary N) is 1. The fourth-order valence-corrected chi connectivity index (χ4v) is 2.68. The van der Waals surface area contributed by atoms with E-state index in [0.717, 1.165) is 29.9 Å². The molecule has 0 unspecified atom stereocenters. The molecule has 3 heteroatoms. The summed E-state index contributed by atoms with van der Waals surface area (Å²) in [7, 11) is 0. The molecule has 0 saturated heterocycles. The van der Waals surface area contributed by atoms with Crippen LogP contribution in [0.25, 0.3) is 11.5 Å². The second-order valence-corrected chi connectivity index (χ2v) is 5.85. The lowest BCUT2D eigenvalue weighted by atomic mass is 9.76. The maximum absolute atomic E-state index is 6.19. The third kappa shape index (κ3) is 1.95. The van der Waals surface area contributed by atoms with E-state index in [1.165, 1.54) is 0 Å². The van der Waals surface area contributed by atoms with Crippen molar-refractivity contribution in [3.8, 4) is 11.5 Å². The lowest BCUT2D eigenvalue weighted by Gasteiger charge is -2.31. The number of hydrogen-bond acceptors (Lipinski definition) is 3. The largest absolute Gasteiger partial charge is 0.441 e. The smallest absolute Gasteiger partial charge is 0.226 e. The Kier molecular flexibility index (Phi) is 2.52. The van der Waals surface area contributed by atoms with Gasteiger partial charge in [-0.25, -0.2) is 4.98 Å². The Morgan fingerprint density at radius 1 is 1.28 bits per heavy atom. The molecule has 1 aliphatic rings. The topological polar surface area (TPSA) is 52.0 Å². The van der Waals surface area contributed by atoms with E-state index in [9.17, 15) is 0 Å². The van der Waals surface area contributed by atoms with Crippen LogP contribution in [-0.4, -0.2) is 4.98 Å². The number of oxazole rings is 1. The van der Waals surface area contributed by atoms with Crippen LogP contribution in [0.4, 0.5) is 0 Å². The van der Waals surface area contributed by atoms with Gasteiger partial charge < -0.3 is 10.2 Å². The summed E-state index contributed by atoms with van der Waals surface area (Å²) in [5.74, 6) is 1.64. The van der Waals surface area contributed by atoms with E-state index in [0.29, 0.717) is 5.89 Å². The average molecular weight is 242 g/mol. The van der Waals surface area contributed by atoms with E-state index < -0.39 is 0 Å². The zero-order chi connectivity index (χ0) is 12.8. The highest BCUT2D eigenvalue weighted by Gasteiger charge is 2.34. The molecule has 3 rings (SSSR count). The van der Waals surface area contributed by atoms with Gasteiger partial charge in [-0.3, -0.25) is 0 Å². The molecule has 2 aromatic rings. The Bertz CT molecular complexity index is 557. The Balaban J connectivity index is 2.03. The number of rotatable bonds is 1. The van der Waals surface area contributed by atoms with E-state index in [4.69, 9.17) is 10.2 Å². The van der Waals surface area contributed by atoms with Crippen molar-refractivity contribution >= 4 is 0 Å². The van der Waals surface area contributed by atoms with Gasteiger partial charge in [0.15, 0.2) is 0 Å². The van der Waals surface area contributed by atoms with Gasteiger partial charge in [0.25, 0.3) is 0 Å². The van der Waals surface area contributed by atoms with Crippen LogP contribution in [0.15, 0.2) is 34.7 Å². The molecule has 1 heterocycles. The molecule has 3 nitrogen and oxygen atoms in total. The number of fused-ring (bicyclic) bond motifs is 1. The van der Waals surface area contributed by atoms with Gasteiger partial charge in [0, 0.05) is 12.0 Å². The lowest BCUT2D eigenvalue weighted by molar-refractivity contribution is 0.256. The minimum Gasteiger partial charge on any atom is -0.441 e. The summed E-state index contributed by atoms with van der Waals surface area (Å²) >= 11 is 0. The van der Waals surface area contributed by atoms with Crippen LogP contribution >= 0.6 is 0 Å². The fraction of sp³-hybridized carbons (Fsp3) is 0.400. The molecule has 0 spiro atoms. The predicted octanol–water partition coefficient (Wildman–Crippen LogP) is 3.31. The Labute approximate surface area is 107 Å². The standard InChI is InChI=1S/C15H18N2O/c1-15(2)8-11(16)13-12(9-15)18-14(17-13)10-6-4-3-5-7-10/h3-7,11H,8-9,16H2,1-2H3/t11-/m1/s1. The zero-order valence-corrected chi connectivity index (χ0v) is 10.8. The van der Waals surface area contributed by atoms with Gasteiger partial charge >= 0.3 is 0 Å². The molecule has 0 saturated carbocycles. The third-order valence-corrected chi connectivity index (χ3v) is 3.51. The summed E-state index contributed by atoms with van der Waals surface area (Å²) in [5.41, 5.74) is 8.33. The molecule has 1 aliphatic carbocycles. The molecular formula is C15H18N2O. The molecule has 94 valence electrons. The van der Waals surface area contributed by atoms with Crippen molar-refractivity contribution in [2.45, 2.75) is 32.7 Å². The van der Waals surface area contributed by atoms with Gasteiger partial charge in [0.1, 0.15) is 5.76 Å². The van der Waals surface area contributed by atoms with Crippen LogP contribution < -0.4 is 5.73 Å². The first kappa shape index (κ1) is 11.5. The first-order chi connectivity index (χ1) is 8.55. The number of aromatic nitrogens is 1. The second kappa shape index (κ2) is 3.95. The van der Waals surface area contributed by atoms with Gasteiger partial charge in [0.2, 0.25) is 5.89 Å². The molecule has 1 atom stereocenters. The van der Waals surface area contributed by atoms with Gasteiger partial charge in [-0.1, -0.05) is 32.0 Å². The first-order valence-electron chi connectivity index (χ1n) is 6.36. The molecule has 0 amide bonds. The maximum atomic E-state index is 6.19. The van der Waals surface area contributed by atoms with Crippen LogP contribution in [0, 0.1) is 5.41 Å². The van der Waals surface area contributed by atoms with Crippen molar-refractivity contribution in [1.82, 2.24) is 4.98 Å². The SMILES string of the molecule is CC1(C)Cc2oc(-c3ccccc3)nc2[C@H](N)C1. The number of hydrogen-bond donors (Lipinski definition) is 1. The van der Waals surface area contributed by atoms with Crippen molar-refractivity contribution in [3.05, 3.63) is 41.8 Å². The van der Waals surface area contributed by atoms with Crippen LogP contribution in [0.5, 0.6) is 0 Å². The highest BCUT2D eigenvalue weighted by atomic mass is 16.4. The van der Waals surface area contributed by atoms with Crippen LogP contribution in [0.1, 0.15) is 37.8 Å². The molecule has 0 aliphatic heterocycles. The molecule has 1 aromatic heterocycles. The van der Waals surface area contributed by atoms with E-state index in [-0.39, 0.29) is 11.5 Å². The van der Waals surface area contributed by atoms with E-state index in [1.807, 2.05) is 30.3 Å². The summed E-state index contributed by atoms with van der Waals surface area (Å²) in [6.45, 7) is 4.45. The Morgan fingerprint density at radius 3 is 2.72 bits per heavy atom. The summed E-state index contributed by atoms with van der Waals surface area (Å²) in [6, 6.07) is 9.97. The summed E-state index contributed by atoms with van der Waals surface area (Å²) in [4.78, 5) is 4.58. The monoisotopic (exact) mass is 242 g/mol. The Hall–Kier alpha value is -1.61. The highest BCUT2D eigenvalue weighted by molar-refractivity contribution is 5.53. The predicted molar refractivity (Wildman–Crippen MR) is 71.0 cm³/mol. The number of benzene rings is 1. The van der Waals surface area contributed by atoms with Gasteiger partial charge in [0.05, 0.1) is 11.7 Å². The van der Waals surface area contributed by atoms with Crippen molar-refractivity contribution in [1.29, 1.82) is 0 Å². The van der Waals surface area contributed by atoms with Crippen LogP contribution in [0.2, 0.25) is 0 Å². The van der Waals surface area contributed by atoms with E-state index in [1.54, 1.807) is 0 Å². The van der Waals surface area contributed by atoms with Crippen LogP contribution in [0.3, 0.4) is 0 Å². The van der Waals surface area contributed by atoms with Gasteiger partial charge in [-0.2, -0.15) is 0 Å². The third-order valence-electron chi connectivity index (χ3n) is 3.51.